The van der Waals surface area contributed by atoms with Crippen molar-refractivity contribution in [2.45, 2.75) is 12.8 Å². The van der Waals surface area contributed by atoms with E-state index in [2.05, 4.69) is 10.1 Å². The molecule has 0 bridgehead atoms. The van der Waals surface area contributed by atoms with Crippen molar-refractivity contribution in [2.75, 3.05) is 0 Å². The van der Waals surface area contributed by atoms with Crippen molar-refractivity contribution in [1.82, 2.24) is 5.01 Å². The number of carbonyl (C=O) groups is 1. The van der Waals surface area contributed by atoms with E-state index in [1.165, 1.54) is 30.3 Å². The maximum Gasteiger partial charge on any atom is 0.441 e. The second-order valence-corrected chi connectivity index (χ2v) is 7.86. The first kappa shape index (κ1) is 24.7. The fourth-order valence-corrected chi connectivity index (χ4v) is 3.77. The number of hydrogen-bond donors (Lipinski definition) is 1. The molecule has 0 saturated carbocycles. The predicted octanol–water partition coefficient (Wildman–Crippen LogP) is 5.66. The van der Waals surface area contributed by atoms with Gasteiger partial charge in [0.05, 0.1) is 10.6 Å². The number of hydrazone groups is 1. The summed E-state index contributed by atoms with van der Waals surface area (Å²) in [6.07, 6.45) is -3.45. The van der Waals surface area contributed by atoms with E-state index in [1.807, 2.05) is 0 Å². The van der Waals surface area contributed by atoms with Crippen LogP contribution in [0.25, 0.3) is 6.08 Å². The highest BCUT2D eigenvalue weighted by atomic mass is 35.5. The number of alkyl halides is 3. The summed E-state index contributed by atoms with van der Waals surface area (Å²) in [5, 5.41) is 10.7. The summed E-state index contributed by atoms with van der Waals surface area (Å²) in [6.45, 7) is -0.0559. The van der Waals surface area contributed by atoms with Gasteiger partial charge in [0, 0.05) is 5.56 Å². The van der Waals surface area contributed by atoms with Gasteiger partial charge in [0.25, 0.3) is 5.91 Å². The molecule has 33 heavy (non-hydrogen) atoms. The zero-order valence-electron chi connectivity index (χ0n) is 16.2. The van der Waals surface area contributed by atoms with E-state index in [0.29, 0.717) is 16.1 Å². The number of thioether (sulfide) groups is 1. The van der Waals surface area contributed by atoms with Crippen molar-refractivity contribution in [3.05, 3.63) is 70.0 Å². The van der Waals surface area contributed by atoms with Crippen molar-refractivity contribution in [3.63, 3.8) is 0 Å². The highest BCUT2D eigenvalue weighted by molar-refractivity contribution is 8.27. The highest BCUT2D eigenvalue weighted by Gasteiger charge is 2.46. The van der Waals surface area contributed by atoms with Crippen LogP contribution in [0.4, 0.5) is 17.6 Å². The standard InChI is InChI=1S/C20H11ClF4N4O2S.ClH/c21-13-8-10(5-6-15(13)31-9-11-3-1-2-4-14(11)22)7-12-16(26)29-19(27-17(12)30)32-18(28-29)20(23,24)25;/h1-8,26H,9H2;1H/b12-7-,26-16?;. The smallest absolute Gasteiger partial charge is 0.441 e. The van der Waals surface area contributed by atoms with Crippen molar-refractivity contribution < 1.29 is 27.1 Å². The maximum atomic E-state index is 13.7. The molecule has 13 heteroatoms. The number of fused-ring (bicyclic) bond motifs is 1. The summed E-state index contributed by atoms with van der Waals surface area (Å²) in [5.41, 5.74) is 0.469. The second kappa shape index (κ2) is 9.54. The maximum absolute atomic E-state index is 13.7. The average Bonchev–Trinajstić information content (AvgIpc) is 3.16. The number of halogens is 6. The zero-order chi connectivity index (χ0) is 23.0. The number of benzene rings is 2. The number of nitrogens with one attached hydrogen (secondary N) is 1. The Bertz CT molecular complexity index is 1230. The number of nitrogens with zero attached hydrogens (tertiary/aromatic N) is 3. The van der Waals surface area contributed by atoms with Crippen LogP contribution in [-0.4, -0.2) is 33.1 Å². The SMILES string of the molecule is Cl.N=C1/C(=C/c2ccc(OCc3ccccc3F)c(Cl)c2)C(=O)N=C2SC(C(F)(F)F)=NN12. The number of hydrogen-bond acceptors (Lipinski definition) is 5. The van der Waals surface area contributed by atoms with Crippen LogP contribution in [0.1, 0.15) is 11.1 Å². The van der Waals surface area contributed by atoms with Crippen molar-refractivity contribution in [1.29, 1.82) is 5.41 Å². The number of amidine groups is 2. The Morgan fingerprint density at radius 1 is 1.21 bits per heavy atom. The molecule has 0 atom stereocenters. The van der Waals surface area contributed by atoms with Crippen LogP contribution in [0.5, 0.6) is 5.75 Å². The molecule has 6 nitrogen and oxygen atoms in total. The van der Waals surface area contributed by atoms with E-state index in [-0.39, 0.29) is 52.3 Å². The summed E-state index contributed by atoms with van der Waals surface area (Å²) in [4.78, 5) is 15.9. The Kier molecular flexibility index (Phi) is 7.15. The first-order valence-corrected chi connectivity index (χ1v) is 10.1. The molecular formula is C20H12Cl2F4N4O2S. The van der Waals surface area contributed by atoms with E-state index in [9.17, 15) is 22.4 Å². The van der Waals surface area contributed by atoms with Crippen LogP contribution in [0.3, 0.4) is 0 Å². The molecule has 2 aromatic rings. The lowest BCUT2D eigenvalue weighted by Crippen LogP contribution is -2.35. The van der Waals surface area contributed by atoms with E-state index in [1.54, 1.807) is 18.2 Å². The van der Waals surface area contributed by atoms with Crippen LogP contribution >= 0.6 is 35.8 Å². The number of carbonyl (C=O) groups excluding carboxylic acids is 1. The minimum Gasteiger partial charge on any atom is -0.487 e. The van der Waals surface area contributed by atoms with Crippen LogP contribution in [0.2, 0.25) is 5.02 Å². The molecule has 1 amide bonds. The molecule has 1 N–H and O–H groups in total. The molecular weight excluding hydrogens is 507 g/mol. The van der Waals surface area contributed by atoms with Gasteiger partial charge < -0.3 is 4.74 Å². The van der Waals surface area contributed by atoms with Gasteiger partial charge in [-0.05, 0) is 41.6 Å². The van der Waals surface area contributed by atoms with Gasteiger partial charge >= 0.3 is 6.18 Å². The molecule has 0 radical (unpaired) electrons. The Morgan fingerprint density at radius 2 is 1.94 bits per heavy atom. The number of rotatable bonds is 4. The summed E-state index contributed by atoms with van der Waals surface area (Å²) >= 11 is 6.38. The fraction of sp³-hybridized carbons (Fsp3) is 0.100. The first-order chi connectivity index (χ1) is 15.1. The van der Waals surface area contributed by atoms with Gasteiger partial charge in [0.1, 0.15) is 18.2 Å². The molecule has 0 spiro atoms. The van der Waals surface area contributed by atoms with Crippen LogP contribution in [-0.2, 0) is 11.4 Å². The number of aliphatic imine (C=N–C) groups is 1. The van der Waals surface area contributed by atoms with E-state index >= 15 is 0 Å². The molecule has 2 heterocycles. The highest BCUT2D eigenvalue weighted by Crippen LogP contribution is 2.35. The van der Waals surface area contributed by atoms with Crippen LogP contribution in [0, 0.1) is 11.2 Å². The van der Waals surface area contributed by atoms with E-state index < -0.39 is 28.8 Å². The summed E-state index contributed by atoms with van der Waals surface area (Å²) in [5.74, 6) is -1.57. The van der Waals surface area contributed by atoms with Gasteiger partial charge in [-0.25, -0.2) is 4.39 Å². The molecule has 2 aromatic carbocycles. The summed E-state index contributed by atoms with van der Waals surface area (Å²) in [7, 11) is 0. The first-order valence-electron chi connectivity index (χ1n) is 8.86. The van der Waals surface area contributed by atoms with Crippen LogP contribution in [0.15, 0.2) is 58.1 Å². The van der Waals surface area contributed by atoms with Gasteiger partial charge in [-0.15, -0.1) is 12.4 Å². The average molecular weight is 519 g/mol. The third-order valence-corrected chi connectivity index (χ3v) is 5.55. The third-order valence-electron chi connectivity index (χ3n) is 4.30. The van der Waals surface area contributed by atoms with E-state index in [0.717, 1.165) is 0 Å². The lowest BCUT2D eigenvalue weighted by atomic mass is 10.1. The lowest BCUT2D eigenvalue weighted by molar-refractivity contribution is -0.114. The summed E-state index contributed by atoms with van der Waals surface area (Å²) < 4.78 is 57.9. The Morgan fingerprint density at radius 3 is 2.61 bits per heavy atom. The van der Waals surface area contributed by atoms with Crippen molar-refractivity contribution in [3.8, 4) is 5.75 Å². The van der Waals surface area contributed by atoms with Crippen molar-refractivity contribution in [2.24, 2.45) is 10.1 Å². The fourth-order valence-electron chi connectivity index (χ4n) is 2.77. The minimum atomic E-state index is -4.72. The van der Waals surface area contributed by atoms with Gasteiger partial charge in [0.15, 0.2) is 5.84 Å². The van der Waals surface area contributed by atoms with E-state index in [4.69, 9.17) is 21.7 Å². The van der Waals surface area contributed by atoms with Crippen LogP contribution < -0.4 is 4.74 Å². The second-order valence-electron chi connectivity index (χ2n) is 6.49. The molecule has 4 rings (SSSR count). The molecule has 2 aliphatic rings. The normalized spacial score (nSPS) is 16.9. The third kappa shape index (κ3) is 5.21. The number of ether oxygens (including phenoxy) is 1. The Hall–Kier alpha value is -2.89. The molecule has 0 fully saturated rings. The predicted molar refractivity (Wildman–Crippen MR) is 120 cm³/mol. The number of amides is 1. The monoisotopic (exact) mass is 518 g/mol. The molecule has 2 aliphatic heterocycles. The lowest BCUT2D eigenvalue weighted by Gasteiger charge is -2.20. The zero-order valence-corrected chi connectivity index (χ0v) is 18.6. The minimum absolute atomic E-state index is 0. The Labute approximate surface area is 199 Å². The molecule has 0 saturated heterocycles. The summed E-state index contributed by atoms with van der Waals surface area (Å²) in [6, 6.07) is 10.6. The van der Waals surface area contributed by atoms with Gasteiger partial charge in [0.2, 0.25) is 10.2 Å². The Balaban J connectivity index is 0.00000306. The molecule has 0 unspecified atom stereocenters. The van der Waals surface area contributed by atoms with Gasteiger partial charge in [-0.3, -0.25) is 10.2 Å². The van der Waals surface area contributed by atoms with Gasteiger partial charge in [-0.1, -0.05) is 35.9 Å². The topological polar surface area (TPSA) is 78.1 Å². The molecule has 0 aliphatic carbocycles. The van der Waals surface area contributed by atoms with Gasteiger partial charge in [-0.2, -0.15) is 28.3 Å². The quantitative estimate of drug-likeness (QED) is 0.418. The largest absolute Gasteiger partial charge is 0.487 e. The van der Waals surface area contributed by atoms with Crippen molar-refractivity contribution >= 4 is 63.8 Å². The molecule has 172 valence electrons. The molecule has 0 aromatic heterocycles.